The quantitative estimate of drug-likeness (QED) is 0.656. The van der Waals surface area contributed by atoms with Crippen LogP contribution in [0.25, 0.3) is 0 Å². The highest BCUT2D eigenvalue weighted by atomic mass is 32.2. The Hall–Kier alpha value is -2.78. The molecule has 0 aliphatic rings. The van der Waals surface area contributed by atoms with E-state index in [0.29, 0.717) is 12.1 Å². The lowest BCUT2D eigenvalue weighted by Gasteiger charge is -2.16. The fraction of sp³-hybridized carbons (Fsp3) is 0.263. The normalized spacial score (nSPS) is 12.3. The minimum absolute atomic E-state index is 0.110. The van der Waals surface area contributed by atoms with Gasteiger partial charge in [-0.3, -0.25) is 9.59 Å². The van der Waals surface area contributed by atoms with Crippen molar-refractivity contribution in [2.45, 2.75) is 31.2 Å². The predicted molar refractivity (Wildman–Crippen MR) is 104 cm³/mol. The van der Waals surface area contributed by atoms with Crippen LogP contribution in [0.2, 0.25) is 0 Å². The van der Waals surface area contributed by atoms with Crippen molar-refractivity contribution in [2.24, 2.45) is 0 Å². The summed E-state index contributed by atoms with van der Waals surface area (Å²) in [5.74, 6) is -1.67. The fourth-order valence-electron chi connectivity index (χ4n) is 2.43. The van der Waals surface area contributed by atoms with Gasteiger partial charge in [-0.2, -0.15) is 0 Å². The molecule has 0 radical (unpaired) electrons. The van der Waals surface area contributed by atoms with Crippen molar-refractivity contribution in [1.29, 1.82) is 0 Å². The highest BCUT2D eigenvalue weighted by molar-refractivity contribution is 7.89. The number of anilines is 1. The number of hydrogen-bond acceptors (Lipinski definition) is 4. The van der Waals surface area contributed by atoms with Crippen LogP contribution >= 0.6 is 0 Å². The third-order valence-electron chi connectivity index (χ3n) is 4.12. The van der Waals surface area contributed by atoms with E-state index in [1.807, 2.05) is 0 Å². The Labute approximate surface area is 163 Å². The van der Waals surface area contributed by atoms with E-state index < -0.39 is 27.8 Å². The molecule has 2 aromatic carbocycles. The molecule has 0 aliphatic heterocycles. The SMILES string of the molecule is CCC(=O)Nc1ccc(C(C)NC(=O)c2cc(S(=O)(=O)NC)ccc2F)cc1. The summed E-state index contributed by atoms with van der Waals surface area (Å²) in [6.07, 6.45) is 0.363. The van der Waals surface area contributed by atoms with Crippen molar-refractivity contribution >= 4 is 27.5 Å². The van der Waals surface area contributed by atoms with Crippen LogP contribution in [0.15, 0.2) is 47.4 Å². The third-order valence-corrected chi connectivity index (χ3v) is 5.54. The van der Waals surface area contributed by atoms with Gasteiger partial charge in [0, 0.05) is 12.1 Å². The van der Waals surface area contributed by atoms with Crippen molar-refractivity contribution < 1.29 is 22.4 Å². The second-order valence-corrected chi connectivity index (χ2v) is 7.95. The summed E-state index contributed by atoms with van der Waals surface area (Å²) < 4.78 is 39.9. The minimum Gasteiger partial charge on any atom is -0.345 e. The van der Waals surface area contributed by atoms with Gasteiger partial charge in [-0.15, -0.1) is 0 Å². The minimum atomic E-state index is -3.80. The molecule has 0 aromatic heterocycles. The van der Waals surface area contributed by atoms with E-state index in [9.17, 15) is 22.4 Å². The van der Waals surface area contributed by atoms with Gasteiger partial charge in [-0.05, 0) is 49.9 Å². The Balaban J connectivity index is 2.16. The van der Waals surface area contributed by atoms with Gasteiger partial charge >= 0.3 is 0 Å². The van der Waals surface area contributed by atoms with Crippen LogP contribution in [0.3, 0.4) is 0 Å². The van der Waals surface area contributed by atoms with Gasteiger partial charge in [0.25, 0.3) is 5.91 Å². The molecule has 0 saturated carbocycles. The second kappa shape index (κ2) is 8.94. The highest BCUT2D eigenvalue weighted by Crippen LogP contribution is 2.19. The number of benzene rings is 2. The van der Waals surface area contributed by atoms with Crippen LogP contribution < -0.4 is 15.4 Å². The Morgan fingerprint density at radius 2 is 1.75 bits per heavy atom. The van der Waals surface area contributed by atoms with Crippen molar-refractivity contribution in [1.82, 2.24) is 10.0 Å². The number of rotatable bonds is 7. The van der Waals surface area contributed by atoms with Crippen LogP contribution in [0, 0.1) is 5.82 Å². The van der Waals surface area contributed by atoms with E-state index in [4.69, 9.17) is 0 Å². The standard InChI is InChI=1S/C19H22FN3O4S/c1-4-18(24)23-14-7-5-13(6-8-14)12(2)22-19(25)16-11-15(9-10-17(16)20)28(26,27)21-3/h5-12,21H,4H2,1-3H3,(H,22,25)(H,23,24). The lowest BCUT2D eigenvalue weighted by atomic mass is 10.1. The molecule has 7 nitrogen and oxygen atoms in total. The topological polar surface area (TPSA) is 104 Å². The lowest BCUT2D eigenvalue weighted by Crippen LogP contribution is -2.28. The summed E-state index contributed by atoms with van der Waals surface area (Å²) in [6.45, 7) is 3.46. The van der Waals surface area contributed by atoms with Crippen molar-refractivity contribution in [2.75, 3.05) is 12.4 Å². The van der Waals surface area contributed by atoms with E-state index in [2.05, 4.69) is 15.4 Å². The first-order valence-electron chi connectivity index (χ1n) is 8.61. The smallest absolute Gasteiger partial charge is 0.254 e. The van der Waals surface area contributed by atoms with Crippen molar-refractivity contribution in [3.05, 3.63) is 59.4 Å². The molecule has 3 N–H and O–H groups in total. The van der Waals surface area contributed by atoms with Gasteiger partial charge in [0.1, 0.15) is 5.82 Å². The zero-order valence-electron chi connectivity index (χ0n) is 15.7. The summed E-state index contributed by atoms with van der Waals surface area (Å²) in [5, 5.41) is 5.36. The van der Waals surface area contributed by atoms with Gasteiger partial charge in [0.05, 0.1) is 16.5 Å². The molecule has 28 heavy (non-hydrogen) atoms. The summed E-state index contributed by atoms with van der Waals surface area (Å²) >= 11 is 0. The maximum atomic E-state index is 14.1. The van der Waals surface area contributed by atoms with Gasteiger partial charge in [-0.1, -0.05) is 19.1 Å². The molecule has 1 unspecified atom stereocenters. The number of nitrogens with one attached hydrogen (secondary N) is 3. The van der Waals surface area contributed by atoms with E-state index in [-0.39, 0.29) is 16.4 Å². The van der Waals surface area contributed by atoms with Crippen LogP contribution in [0.5, 0.6) is 0 Å². The number of hydrogen-bond donors (Lipinski definition) is 3. The molecular formula is C19H22FN3O4S. The molecule has 0 spiro atoms. The number of amides is 2. The summed E-state index contributed by atoms with van der Waals surface area (Å²) in [6, 6.07) is 9.42. The van der Waals surface area contributed by atoms with Gasteiger partial charge in [0.2, 0.25) is 15.9 Å². The van der Waals surface area contributed by atoms with E-state index in [1.165, 1.54) is 7.05 Å². The number of carbonyl (C=O) groups is 2. The average molecular weight is 407 g/mol. The zero-order chi connectivity index (χ0) is 20.9. The van der Waals surface area contributed by atoms with Crippen molar-refractivity contribution in [3.8, 4) is 0 Å². The molecule has 2 amide bonds. The third kappa shape index (κ3) is 5.14. The Kier molecular flexibility index (Phi) is 6.87. The Morgan fingerprint density at radius 1 is 1.11 bits per heavy atom. The lowest BCUT2D eigenvalue weighted by molar-refractivity contribution is -0.115. The molecule has 1 atom stereocenters. The van der Waals surface area contributed by atoms with Gasteiger partial charge in [-0.25, -0.2) is 17.5 Å². The molecule has 9 heteroatoms. The largest absolute Gasteiger partial charge is 0.345 e. The number of carbonyl (C=O) groups excluding carboxylic acids is 2. The summed E-state index contributed by atoms with van der Waals surface area (Å²) in [4.78, 5) is 23.6. The molecule has 0 fully saturated rings. The van der Waals surface area contributed by atoms with Crippen LogP contribution in [0.1, 0.15) is 42.2 Å². The average Bonchev–Trinajstić information content (AvgIpc) is 2.68. The molecule has 0 saturated heterocycles. The zero-order valence-corrected chi connectivity index (χ0v) is 16.6. The second-order valence-electron chi connectivity index (χ2n) is 6.07. The molecule has 2 rings (SSSR count). The van der Waals surface area contributed by atoms with E-state index in [1.54, 1.807) is 38.1 Å². The monoisotopic (exact) mass is 407 g/mol. The molecule has 0 heterocycles. The number of halogens is 1. The summed E-state index contributed by atoms with van der Waals surface area (Å²) in [5.41, 5.74) is 1.00. The molecule has 150 valence electrons. The Bertz CT molecular complexity index is 975. The number of sulfonamides is 1. The fourth-order valence-corrected chi connectivity index (χ4v) is 3.18. The molecule has 0 aliphatic carbocycles. The molecule has 2 aromatic rings. The molecular weight excluding hydrogens is 385 g/mol. The first kappa shape index (κ1) is 21.5. The van der Waals surface area contributed by atoms with E-state index >= 15 is 0 Å². The van der Waals surface area contributed by atoms with Crippen molar-refractivity contribution in [3.63, 3.8) is 0 Å². The maximum absolute atomic E-state index is 14.1. The first-order valence-corrected chi connectivity index (χ1v) is 10.1. The van der Waals surface area contributed by atoms with Gasteiger partial charge in [0.15, 0.2) is 0 Å². The summed E-state index contributed by atoms with van der Waals surface area (Å²) in [7, 11) is -2.57. The highest BCUT2D eigenvalue weighted by Gasteiger charge is 2.20. The molecule has 0 bridgehead atoms. The van der Waals surface area contributed by atoms with Crippen LogP contribution in [0.4, 0.5) is 10.1 Å². The first-order chi connectivity index (χ1) is 13.2. The van der Waals surface area contributed by atoms with Gasteiger partial charge < -0.3 is 10.6 Å². The predicted octanol–water partition coefficient (Wildman–Crippen LogP) is 2.57. The van der Waals surface area contributed by atoms with E-state index in [0.717, 1.165) is 23.8 Å². The van der Waals surface area contributed by atoms with Crippen LogP contribution in [-0.2, 0) is 14.8 Å². The Morgan fingerprint density at radius 3 is 2.32 bits per heavy atom. The van der Waals surface area contributed by atoms with Crippen LogP contribution in [-0.4, -0.2) is 27.3 Å². The maximum Gasteiger partial charge on any atom is 0.254 e.